The molecule has 0 unspecified atom stereocenters. The number of para-hydroxylation sites is 1. The highest BCUT2D eigenvalue weighted by Crippen LogP contribution is 2.36. The minimum atomic E-state index is -0.330. The van der Waals surface area contributed by atoms with Crippen LogP contribution in [0.1, 0.15) is 51.8 Å². The molecule has 0 bridgehead atoms. The van der Waals surface area contributed by atoms with E-state index in [1.54, 1.807) is 0 Å². The van der Waals surface area contributed by atoms with Crippen molar-refractivity contribution in [2.24, 2.45) is 0 Å². The number of carbonyl (C=O) groups excluding carboxylic acids is 1. The highest BCUT2D eigenvalue weighted by Gasteiger charge is 2.26. The van der Waals surface area contributed by atoms with Gasteiger partial charge in [-0.15, -0.1) is 11.3 Å². The maximum absolute atomic E-state index is 12.8. The second kappa shape index (κ2) is 7.26. The molecule has 2 aromatic heterocycles. The summed E-state index contributed by atoms with van der Waals surface area (Å²) in [5.41, 5.74) is 9.01. The summed E-state index contributed by atoms with van der Waals surface area (Å²) in [5, 5.41) is 21.9. The minimum absolute atomic E-state index is 0.160. The number of fused-ring (bicyclic) bond motifs is 1. The summed E-state index contributed by atoms with van der Waals surface area (Å²) in [7, 11) is 0. The molecule has 4 N–H and O–H groups in total. The molecule has 1 fully saturated rings. The molecule has 8 heteroatoms. The first-order chi connectivity index (χ1) is 13.5. The first kappa shape index (κ1) is 18.5. The number of rotatable bonds is 3. The van der Waals surface area contributed by atoms with Crippen LogP contribution >= 0.6 is 11.3 Å². The largest absolute Gasteiger partial charge is 0.397 e. The van der Waals surface area contributed by atoms with Gasteiger partial charge in [0.1, 0.15) is 10.9 Å². The van der Waals surface area contributed by atoms with Gasteiger partial charge in [0.25, 0.3) is 5.91 Å². The Kier molecular flexibility index (Phi) is 4.79. The van der Waals surface area contributed by atoms with Crippen molar-refractivity contribution < 1.29 is 9.90 Å². The number of aryl methyl sites for hydroxylation is 1. The van der Waals surface area contributed by atoms with Crippen LogP contribution in [0, 0.1) is 18.3 Å². The molecule has 0 radical (unpaired) electrons. The molecular weight excluding hydrogens is 374 g/mol. The van der Waals surface area contributed by atoms with Crippen molar-refractivity contribution in [2.75, 3.05) is 11.1 Å². The average Bonchev–Trinajstić information content (AvgIpc) is 3.23. The Labute approximate surface area is 166 Å². The molecule has 0 saturated heterocycles. The molecule has 1 amide bonds. The van der Waals surface area contributed by atoms with Crippen LogP contribution in [0.4, 0.5) is 11.6 Å². The summed E-state index contributed by atoms with van der Waals surface area (Å²) in [6.45, 7) is 2.03. The van der Waals surface area contributed by atoms with Gasteiger partial charge < -0.3 is 15.4 Å². The van der Waals surface area contributed by atoms with E-state index in [1.165, 1.54) is 6.07 Å². The number of amides is 1. The second-order valence-electron chi connectivity index (χ2n) is 7.17. The maximum Gasteiger partial charge on any atom is 0.268 e. The zero-order valence-electron chi connectivity index (χ0n) is 15.5. The Morgan fingerprint density at radius 1 is 1.39 bits per heavy atom. The third-order valence-corrected chi connectivity index (χ3v) is 6.31. The molecule has 4 rings (SSSR count). The third kappa shape index (κ3) is 3.23. The average molecular weight is 395 g/mol. The first-order valence-electron chi connectivity index (χ1n) is 9.24. The van der Waals surface area contributed by atoms with E-state index in [4.69, 9.17) is 11.0 Å². The fraction of sp³-hybridized carbons (Fsp3) is 0.350. The highest BCUT2D eigenvalue weighted by molar-refractivity contribution is 7.15. The number of nitrogens with zero attached hydrogens (tertiary/aromatic N) is 3. The summed E-state index contributed by atoms with van der Waals surface area (Å²) in [6.07, 6.45) is 2.86. The standard InChI is InChI=1S/C20H21N5O2S/c1-11-3-2-4-15-18(11)25(12-5-7-13(26)8-6-12)20(23-15)24-19(27)16-9-14(22)17(10-21)28-16/h2-4,9,12-13,26H,5-8,22H2,1H3,(H,23,24,27). The second-order valence-corrected chi connectivity index (χ2v) is 8.22. The number of anilines is 2. The van der Waals surface area contributed by atoms with E-state index in [1.807, 2.05) is 31.2 Å². The fourth-order valence-electron chi connectivity index (χ4n) is 3.85. The smallest absolute Gasteiger partial charge is 0.268 e. The molecule has 1 saturated carbocycles. The van der Waals surface area contributed by atoms with Crippen LogP contribution in [0.25, 0.3) is 11.0 Å². The van der Waals surface area contributed by atoms with Crippen LogP contribution < -0.4 is 11.1 Å². The molecule has 0 aliphatic heterocycles. The highest BCUT2D eigenvalue weighted by atomic mass is 32.1. The monoisotopic (exact) mass is 395 g/mol. The lowest BCUT2D eigenvalue weighted by atomic mass is 9.92. The number of carbonyl (C=O) groups is 1. The molecule has 7 nitrogen and oxygen atoms in total. The number of imidazole rings is 1. The van der Waals surface area contributed by atoms with Gasteiger partial charge >= 0.3 is 0 Å². The quantitative estimate of drug-likeness (QED) is 0.626. The van der Waals surface area contributed by atoms with Gasteiger partial charge in [0.2, 0.25) is 5.95 Å². The van der Waals surface area contributed by atoms with Crippen molar-refractivity contribution in [1.29, 1.82) is 5.26 Å². The number of nitriles is 1. The molecular formula is C20H21N5O2S. The van der Waals surface area contributed by atoms with Crippen LogP contribution in [0.15, 0.2) is 24.3 Å². The van der Waals surface area contributed by atoms with E-state index in [0.717, 1.165) is 53.6 Å². The topological polar surface area (TPSA) is 117 Å². The summed E-state index contributed by atoms with van der Waals surface area (Å²) >= 11 is 1.07. The molecule has 2 heterocycles. The predicted molar refractivity (Wildman–Crippen MR) is 109 cm³/mol. The molecule has 1 aromatic carbocycles. The number of nitrogens with one attached hydrogen (secondary N) is 1. The van der Waals surface area contributed by atoms with Gasteiger partial charge in [-0.25, -0.2) is 4.98 Å². The number of nitrogen functional groups attached to an aromatic ring is 1. The van der Waals surface area contributed by atoms with Gasteiger partial charge in [0.15, 0.2) is 0 Å². The van der Waals surface area contributed by atoms with E-state index in [9.17, 15) is 9.90 Å². The zero-order valence-corrected chi connectivity index (χ0v) is 16.3. The molecule has 3 aromatic rings. The molecule has 144 valence electrons. The van der Waals surface area contributed by atoms with Crippen LogP contribution in [-0.2, 0) is 0 Å². The molecule has 28 heavy (non-hydrogen) atoms. The van der Waals surface area contributed by atoms with Crippen LogP contribution in [-0.4, -0.2) is 26.7 Å². The van der Waals surface area contributed by atoms with Crippen molar-refractivity contribution >= 4 is 39.9 Å². The SMILES string of the molecule is Cc1cccc2nc(NC(=O)c3cc(N)c(C#N)s3)n(C3CCC(O)CC3)c12. The summed E-state index contributed by atoms with van der Waals surface area (Å²) < 4.78 is 2.09. The molecule has 1 aliphatic rings. The Hall–Kier alpha value is -2.89. The fourth-order valence-corrected chi connectivity index (χ4v) is 4.62. The number of hydrogen-bond donors (Lipinski definition) is 3. The van der Waals surface area contributed by atoms with Crippen molar-refractivity contribution in [1.82, 2.24) is 9.55 Å². The van der Waals surface area contributed by atoms with E-state index >= 15 is 0 Å². The number of nitrogens with two attached hydrogens (primary N) is 1. The number of thiophene rings is 1. The van der Waals surface area contributed by atoms with Gasteiger partial charge in [-0.05, 0) is 50.3 Å². The Morgan fingerprint density at radius 3 is 2.82 bits per heavy atom. The van der Waals surface area contributed by atoms with Crippen LogP contribution in [0.5, 0.6) is 0 Å². The lowest BCUT2D eigenvalue weighted by Gasteiger charge is -2.28. The Morgan fingerprint density at radius 2 is 2.14 bits per heavy atom. The summed E-state index contributed by atoms with van der Waals surface area (Å²) in [5.74, 6) is 0.157. The number of aliphatic hydroxyl groups excluding tert-OH is 1. The van der Waals surface area contributed by atoms with E-state index in [-0.39, 0.29) is 18.1 Å². The first-order valence-corrected chi connectivity index (χ1v) is 10.1. The van der Waals surface area contributed by atoms with E-state index in [0.29, 0.717) is 21.4 Å². The number of hydrogen-bond acceptors (Lipinski definition) is 6. The maximum atomic E-state index is 12.8. The predicted octanol–water partition coefficient (Wildman–Crippen LogP) is 3.59. The number of aromatic nitrogens is 2. The van der Waals surface area contributed by atoms with Crippen molar-refractivity contribution in [3.05, 3.63) is 39.6 Å². The third-order valence-electron chi connectivity index (χ3n) is 5.25. The Bertz CT molecular complexity index is 1090. The van der Waals surface area contributed by atoms with Gasteiger partial charge in [-0.2, -0.15) is 5.26 Å². The van der Waals surface area contributed by atoms with Gasteiger partial charge in [0.05, 0.1) is 27.7 Å². The Balaban J connectivity index is 1.73. The molecule has 1 aliphatic carbocycles. The lowest BCUT2D eigenvalue weighted by molar-refractivity contribution is 0.102. The number of aliphatic hydroxyl groups is 1. The summed E-state index contributed by atoms with van der Waals surface area (Å²) in [6, 6.07) is 9.59. The molecule has 0 atom stereocenters. The van der Waals surface area contributed by atoms with Crippen molar-refractivity contribution in [3.8, 4) is 6.07 Å². The van der Waals surface area contributed by atoms with E-state index < -0.39 is 0 Å². The number of benzene rings is 1. The zero-order chi connectivity index (χ0) is 19.8. The van der Waals surface area contributed by atoms with Gasteiger partial charge in [-0.3, -0.25) is 10.1 Å². The van der Waals surface area contributed by atoms with Crippen LogP contribution in [0.3, 0.4) is 0 Å². The van der Waals surface area contributed by atoms with Crippen molar-refractivity contribution in [3.63, 3.8) is 0 Å². The van der Waals surface area contributed by atoms with E-state index in [2.05, 4.69) is 14.9 Å². The van der Waals surface area contributed by atoms with Crippen LogP contribution in [0.2, 0.25) is 0 Å². The molecule has 0 spiro atoms. The summed E-state index contributed by atoms with van der Waals surface area (Å²) in [4.78, 5) is 18.2. The van der Waals surface area contributed by atoms with Gasteiger partial charge in [0, 0.05) is 6.04 Å². The van der Waals surface area contributed by atoms with Crippen molar-refractivity contribution in [2.45, 2.75) is 44.8 Å². The lowest BCUT2D eigenvalue weighted by Crippen LogP contribution is -2.23. The minimum Gasteiger partial charge on any atom is -0.397 e. The normalized spacial score (nSPS) is 19.5. The van der Waals surface area contributed by atoms with Gasteiger partial charge in [-0.1, -0.05) is 12.1 Å².